The van der Waals surface area contributed by atoms with Crippen LogP contribution in [0.15, 0.2) is 30.3 Å². The molecule has 0 radical (unpaired) electrons. The summed E-state index contributed by atoms with van der Waals surface area (Å²) >= 11 is 0. The van der Waals surface area contributed by atoms with Crippen molar-refractivity contribution in [3.63, 3.8) is 0 Å². The number of hydrogen-bond acceptors (Lipinski definition) is 3. The quantitative estimate of drug-likeness (QED) is 0.792. The first kappa shape index (κ1) is 18.6. The van der Waals surface area contributed by atoms with Crippen molar-refractivity contribution >= 4 is 12.0 Å². The normalized spacial score (nSPS) is 10.4. The van der Waals surface area contributed by atoms with Crippen LogP contribution in [0.5, 0.6) is 0 Å². The molecule has 2 N–H and O–H groups in total. The van der Waals surface area contributed by atoms with E-state index in [0.29, 0.717) is 13.2 Å². The minimum Gasteiger partial charge on any atom is -0.465 e. The highest BCUT2D eigenvalue weighted by atomic mass is 16.5. The number of aromatic nitrogens is 1. The summed E-state index contributed by atoms with van der Waals surface area (Å²) in [5.74, 6) is -0.449. The molecular weight excluding hydrogens is 318 g/mol. The fourth-order valence-electron chi connectivity index (χ4n) is 2.70. The maximum atomic E-state index is 11.8. The molecule has 0 spiro atoms. The van der Waals surface area contributed by atoms with Gasteiger partial charge in [-0.2, -0.15) is 0 Å². The molecule has 0 aliphatic carbocycles. The van der Waals surface area contributed by atoms with Gasteiger partial charge in [0, 0.05) is 23.6 Å². The zero-order chi connectivity index (χ0) is 18.4. The summed E-state index contributed by atoms with van der Waals surface area (Å²) in [6.07, 6.45) is 0. The van der Waals surface area contributed by atoms with Crippen LogP contribution in [0.25, 0.3) is 5.69 Å². The second-order valence-electron chi connectivity index (χ2n) is 5.91. The van der Waals surface area contributed by atoms with E-state index >= 15 is 0 Å². The highest BCUT2D eigenvalue weighted by molar-refractivity contribution is 5.80. The van der Waals surface area contributed by atoms with E-state index in [1.807, 2.05) is 13.8 Å². The van der Waals surface area contributed by atoms with E-state index in [1.54, 1.807) is 6.92 Å². The maximum Gasteiger partial charge on any atom is 0.325 e. The van der Waals surface area contributed by atoms with Gasteiger partial charge in [0.25, 0.3) is 0 Å². The lowest BCUT2D eigenvalue weighted by molar-refractivity contribution is -0.141. The minimum atomic E-state index is -0.449. The third-order valence-electron chi connectivity index (χ3n) is 3.97. The molecule has 0 saturated heterocycles. The molecule has 0 atom stereocenters. The number of esters is 1. The van der Waals surface area contributed by atoms with Gasteiger partial charge in [-0.05, 0) is 51.5 Å². The molecule has 2 amide bonds. The van der Waals surface area contributed by atoms with Crippen molar-refractivity contribution in [2.75, 3.05) is 13.2 Å². The Labute approximate surface area is 148 Å². The minimum absolute atomic E-state index is 0.137. The molecule has 25 heavy (non-hydrogen) atoms. The molecule has 1 heterocycles. The number of urea groups is 1. The second kappa shape index (κ2) is 8.37. The van der Waals surface area contributed by atoms with Gasteiger partial charge in [0.15, 0.2) is 0 Å². The number of carbonyl (C=O) groups is 2. The van der Waals surface area contributed by atoms with Crippen LogP contribution in [-0.2, 0) is 16.1 Å². The number of nitrogens with zero attached hydrogens (tertiary/aromatic N) is 1. The number of ether oxygens (including phenoxy) is 1. The van der Waals surface area contributed by atoms with Crippen molar-refractivity contribution in [2.45, 2.75) is 34.2 Å². The Morgan fingerprint density at radius 2 is 1.76 bits per heavy atom. The summed E-state index contributed by atoms with van der Waals surface area (Å²) < 4.78 is 6.93. The van der Waals surface area contributed by atoms with Crippen LogP contribution in [0.2, 0.25) is 0 Å². The van der Waals surface area contributed by atoms with E-state index in [0.717, 1.165) is 22.6 Å². The summed E-state index contributed by atoms with van der Waals surface area (Å²) in [6.45, 7) is 8.40. The molecule has 1 aromatic carbocycles. The molecule has 0 aliphatic heterocycles. The Morgan fingerprint density at radius 3 is 2.40 bits per heavy atom. The molecule has 6 heteroatoms. The van der Waals surface area contributed by atoms with Gasteiger partial charge in [-0.3, -0.25) is 4.79 Å². The number of benzene rings is 1. The SMILES string of the molecule is CCOC(=O)CNC(=O)NCc1cc(C)n(-c2ccc(C)cc2)c1C. The van der Waals surface area contributed by atoms with Crippen LogP contribution in [-0.4, -0.2) is 29.7 Å². The topological polar surface area (TPSA) is 72.4 Å². The van der Waals surface area contributed by atoms with Crippen LogP contribution >= 0.6 is 0 Å². The van der Waals surface area contributed by atoms with Crippen LogP contribution in [0.3, 0.4) is 0 Å². The van der Waals surface area contributed by atoms with Gasteiger partial charge in [0.1, 0.15) is 6.54 Å². The second-order valence-corrected chi connectivity index (χ2v) is 5.91. The third-order valence-corrected chi connectivity index (χ3v) is 3.97. The highest BCUT2D eigenvalue weighted by Crippen LogP contribution is 2.21. The summed E-state index contributed by atoms with van der Waals surface area (Å²) in [5, 5.41) is 5.25. The molecule has 6 nitrogen and oxygen atoms in total. The standard InChI is InChI=1S/C19H25N3O3/c1-5-25-18(23)12-21-19(24)20-11-16-10-14(3)22(15(16)4)17-8-6-13(2)7-9-17/h6-10H,5,11-12H2,1-4H3,(H2,20,21,24). The van der Waals surface area contributed by atoms with Crippen LogP contribution < -0.4 is 10.6 Å². The summed E-state index contributed by atoms with van der Waals surface area (Å²) in [5.41, 5.74) is 5.52. The van der Waals surface area contributed by atoms with Gasteiger partial charge >= 0.3 is 12.0 Å². The number of aryl methyl sites for hydroxylation is 2. The smallest absolute Gasteiger partial charge is 0.325 e. The Kier molecular flexibility index (Phi) is 6.22. The Morgan fingerprint density at radius 1 is 1.08 bits per heavy atom. The molecule has 134 valence electrons. The fraction of sp³-hybridized carbons (Fsp3) is 0.368. The third kappa shape index (κ3) is 4.86. The molecule has 1 aromatic heterocycles. The molecule has 2 rings (SSSR count). The first-order chi connectivity index (χ1) is 11.9. The Bertz CT molecular complexity index is 748. The van der Waals surface area contributed by atoms with Gasteiger partial charge in [-0.25, -0.2) is 4.79 Å². The monoisotopic (exact) mass is 343 g/mol. The van der Waals surface area contributed by atoms with Crippen molar-refractivity contribution in [3.05, 3.63) is 52.8 Å². The van der Waals surface area contributed by atoms with Crippen molar-refractivity contribution in [2.24, 2.45) is 0 Å². The number of amides is 2. The van der Waals surface area contributed by atoms with E-state index in [1.165, 1.54) is 5.56 Å². The number of rotatable bonds is 6. The number of carbonyl (C=O) groups excluding carboxylic acids is 2. The summed E-state index contributed by atoms with van der Waals surface area (Å²) in [6, 6.07) is 9.98. The molecular formula is C19H25N3O3. The predicted molar refractivity (Wildman–Crippen MR) is 96.9 cm³/mol. The van der Waals surface area contributed by atoms with Crippen LogP contribution in [0.4, 0.5) is 4.79 Å². The van der Waals surface area contributed by atoms with E-state index in [2.05, 4.69) is 52.5 Å². The highest BCUT2D eigenvalue weighted by Gasteiger charge is 2.12. The lowest BCUT2D eigenvalue weighted by Crippen LogP contribution is -2.38. The van der Waals surface area contributed by atoms with Crippen LogP contribution in [0.1, 0.15) is 29.4 Å². The average molecular weight is 343 g/mol. The summed E-state index contributed by atoms with van der Waals surface area (Å²) in [4.78, 5) is 23.0. The zero-order valence-electron chi connectivity index (χ0n) is 15.2. The Balaban J connectivity index is 1.99. The van der Waals surface area contributed by atoms with Crippen molar-refractivity contribution in [1.29, 1.82) is 0 Å². The van der Waals surface area contributed by atoms with E-state index in [4.69, 9.17) is 4.74 Å². The van der Waals surface area contributed by atoms with E-state index < -0.39 is 12.0 Å². The fourth-order valence-corrected chi connectivity index (χ4v) is 2.70. The number of nitrogens with one attached hydrogen (secondary N) is 2. The van der Waals surface area contributed by atoms with Gasteiger partial charge < -0.3 is 19.9 Å². The van der Waals surface area contributed by atoms with Gasteiger partial charge in [0.05, 0.1) is 6.61 Å². The molecule has 0 bridgehead atoms. The first-order valence-electron chi connectivity index (χ1n) is 8.34. The molecule has 0 aliphatic rings. The molecule has 2 aromatic rings. The lowest BCUT2D eigenvalue weighted by atomic mass is 10.2. The molecule has 0 saturated carbocycles. The predicted octanol–water partition coefficient (Wildman–Crippen LogP) is 2.76. The lowest BCUT2D eigenvalue weighted by Gasteiger charge is -2.11. The zero-order valence-corrected chi connectivity index (χ0v) is 15.2. The van der Waals surface area contributed by atoms with Gasteiger partial charge in [-0.15, -0.1) is 0 Å². The molecule has 0 fully saturated rings. The van der Waals surface area contributed by atoms with E-state index in [-0.39, 0.29) is 6.54 Å². The number of hydrogen-bond donors (Lipinski definition) is 2. The maximum absolute atomic E-state index is 11.8. The first-order valence-corrected chi connectivity index (χ1v) is 8.34. The van der Waals surface area contributed by atoms with Crippen LogP contribution in [0, 0.1) is 20.8 Å². The Hall–Kier alpha value is -2.76. The molecule has 0 unspecified atom stereocenters. The largest absolute Gasteiger partial charge is 0.465 e. The van der Waals surface area contributed by atoms with Crippen molar-refractivity contribution in [1.82, 2.24) is 15.2 Å². The van der Waals surface area contributed by atoms with Gasteiger partial charge in [-0.1, -0.05) is 17.7 Å². The van der Waals surface area contributed by atoms with Gasteiger partial charge in [0.2, 0.25) is 0 Å². The van der Waals surface area contributed by atoms with Crippen molar-refractivity contribution < 1.29 is 14.3 Å². The van der Waals surface area contributed by atoms with Crippen molar-refractivity contribution in [3.8, 4) is 5.69 Å². The average Bonchev–Trinajstić information content (AvgIpc) is 2.86. The summed E-state index contributed by atoms with van der Waals surface area (Å²) in [7, 11) is 0. The van der Waals surface area contributed by atoms with E-state index in [9.17, 15) is 9.59 Å².